The van der Waals surface area contributed by atoms with Crippen molar-refractivity contribution in [2.45, 2.75) is 19.6 Å². The van der Waals surface area contributed by atoms with Crippen LogP contribution in [0.15, 0.2) is 103 Å². The van der Waals surface area contributed by atoms with Crippen LogP contribution in [-0.4, -0.2) is 61.7 Å². The van der Waals surface area contributed by atoms with Crippen LogP contribution < -0.4 is 0 Å². The van der Waals surface area contributed by atoms with E-state index in [0.717, 1.165) is 72.8 Å². The summed E-state index contributed by atoms with van der Waals surface area (Å²) < 4.78 is 135. The molecule has 0 radical (unpaired) electrons. The van der Waals surface area contributed by atoms with Crippen LogP contribution in [0.3, 0.4) is 0 Å². The largest absolute Gasteiger partial charge is 0.295 e. The first-order chi connectivity index (χ1) is 23.9. The van der Waals surface area contributed by atoms with Crippen LogP contribution >= 0.6 is 0 Å². The average molecular weight is 797 g/mol. The minimum atomic E-state index is -5.00. The Hall–Kier alpha value is -5.60. The molecule has 0 aliphatic carbocycles. The normalized spacial score (nSPS) is 12.9. The first-order valence-electron chi connectivity index (χ1n) is 13.5. The van der Waals surface area contributed by atoms with Gasteiger partial charge < -0.3 is 0 Å². The van der Waals surface area contributed by atoms with Gasteiger partial charge in [0.05, 0.1) is 21.2 Å². The summed E-state index contributed by atoms with van der Waals surface area (Å²) in [6.45, 7) is 0. The lowest BCUT2D eigenvalue weighted by Crippen LogP contribution is -2.03. The molecular weight excluding hydrogens is 777 g/mol. The van der Waals surface area contributed by atoms with Crippen LogP contribution in [0.4, 0.5) is 22.7 Å². The second-order valence-electron chi connectivity index (χ2n) is 10.2. The van der Waals surface area contributed by atoms with E-state index in [2.05, 4.69) is 10.2 Å². The minimum Gasteiger partial charge on any atom is -0.282 e. The van der Waals surface area contributed by atoms with Crippen molar-refractivity contribution in [3.8, 4) is 0 Å². The van der Waals surface area contributed by atoms with Crippen LogP contribution in [0.25, 0.3) is 24.3 Å². The van der Waals surface area contributed by atoms with Crippen LogP contribution in [-0.2, 0) is 40.5 Å². The Kier molecular flexibility index (Phi) is 11.0. The predicted octanol–water partition coefficient (Wildman–Crippen LogP) is 5.25. The smallest absolute Gasteiger partial charge is 0.282 e. The molecule has 4 aromatic rings. The molecule has 0 bridgehead atoms. The topological polar surface area (TPSA) is 328 Å². The molecule has 0 aliphatic heterocycles. The molecule has 0 unspecified atom stereocenters. The summed E-state index contributed by atoms with van der Waals surface area (Å²) in [7, 11) is -19.9. The average Bonchev–Trinajstić information content (AvgIpc) is 3.03. The lowest BCUT2D eigenvalue weighted by atomic mass is 10.1. The highest BCUT2D eigenvalue weighted by molar-refractivity contribution is 7.86. The van der Waals surface area contributed by atoms with Crippen molar-refractivity contribution in [2.75, 3.05) is 0 Å². The van der Waals surface area contributed by atoms with Crippen LogP contribution in [0.2, 0.25) is 0 Å². The van der Waals surface area contributed by atoms with Gasteiger partial charge in [0.2, 0.25) is 0 Å². The summed E-state index contributed by atoms with van der Waals surface area (Å²) in [5.41, 5.74) is -2.82. The highest BCUT2D eigenvalue weighted by Crippen LogP contribution is 2.31. The highest BCUT2D eigenvalue weighted by atomic mass is 32.2. The Balaban J connectivity index is 1.70. The summed E-state index contributed by atoms with van der Waals surface area (Å²) in [5, 5.41) is 29.7. The van der Waals surface area contributed by atoms with Gasteiger partial charge in [0, 0.05) is 24.3 Å². The van der Waals surface area contributed by atoms with E-state index >= 15 is 0 Å². The van der Waals surface area contributed by atoms with Crippen LogP contribution in [0.5, 0.6) is 0 Å². The molecule has 24 heteroatoms. The molecule has 0 amide bonds. The van der Waals surface area contributed by atoms with E-state index in [0.29, 0.717) is 12.1 Å². The molecule has 0 saturated carbocycles. The molecule has 0 fully saturated rings. The summed E-state index contributed by atoms with van der Waals surface area (Å²) in [6, 6.07) is 11.2. The Morgan fingerprint density at radius 3 is 0.942 bits per heavy atom. The molecule has 20 nitrogen and oxygen atoms in total. The van der Waals surface area contributed by atoms with Gasteiger partial charge in [-0.1, -0.05) is 36.4 Å². The molecular formula is C28H20N4O16S4. The zero-order valence-electron chi connectivity index (χ0n) is 25.3. The Morgan fingerprint density at radius 1 is 0.442 bits per heavy atom. The number of hydrogen-bond donors (Lipinski definition) is 4. The summed E-state index contributed by atoms with van der Waals surface area (Å²) >= 11 is 0. The first kappa shape index (κ1) is 39.2. The van der Waals surface area contributed by atoms with Crippen molar-refractivity contribution < 1.29 is 61.7 Å². The molecule has 0 spiro atoms. The van der Waals surface area contributed by atoms with Crippen LogP contribution in [0.1, 0.15) is 22.3 Å². The molecule has 52 heavy (non-hydrogen) atoms. The third kappa shape index (κ3) is 9.59. The molecule has 0 aromatic heterocycles. The Morgan fingerprint density at radius 2 is 0.692 bits per heavy atom. The molecule has 272 valence electrons. The fraction of sp³-hybridized carbons (Fsp3) is 0. The maximum atomic E-state index is 12.2. The Labute approximate surface area is 293 Å². The SMILES string of the molecule is O=[N+]([O-])c1ccc(/C=C\c2ccc(N=Nc3ccc(/C=C\c4ccc([N+](=O)[O-])cc4S(=O)(=O)O)c(S(=O)(=O)O)c3)cc2S(=O)(=O)O)c(S(=O)(=O)O)c1. The zero-order chi connectivity index (χ0) is 38.8. The molecule has 4 aromatic carbocycles. The molecule has 4 N–H and O–H groups in total. The van der Waals surface area contributed by atoms with E-state index in [4.69, 9.17) is 0 Å². The van der Waals surface area contributed by atoms with E-state index in [1.54, 1.807) is 0 Å². The third-order valence-electron chi connectivity index (χ3n) is 6.69. The maximum Gasteiger partial charge on any atom is 0.295 e. The number of nitrogens with zero attached hydrogens (tertiary/aromatic N) is 4. The van der Waals surface area contributed by atoms with Gasteiger partial charge >= 0.3 is 0 Å². The third-order valence-corrected chi connectivity index (χ3v) is 10.3. The van der Waals surface area contributed by atoms with E-state index < -0.39 is 81.3 Å². The number of nitro groups is 2. The minimum absolute atomic E-state index is 0.230. The highest BCUT2D eigenvalue weighted by Gasteiger charge is 2.22. The van der Waals surface area contributed by atoms with Crippen molar-refractivity contribution in [1.82, 2.24) is 0 Å². The van der Waals surface area contributed by atoms with E-state index in [9.17, 15) is 72.1 Å². The van der Waals surface area contributed by atoms with Gasteiger partial charge in [0.25, 0.3) is 51.8 Å². The molecule has 0 aliphatic rings. The number of rotatable bonds is 12. The summed E-state index contributed by atoms with van der Waals surface area (Å²) in [6.07, 6.45) is 4.02. The predicted molar refractivity (Wildman–Crippen MR) is 180 cm³/mol. The van der Waals surface area contributed by atoms with Gasteiger partial charge in [-0.3, -0.25) is 38.4 Å². The number of non-ortho nitro benzene ring substituents is 2. The summed E-state index contributed by atoms with van der Waals surface area (Å²) in [4.78, 5) is 17.0. The molecule has 4 rings (SSSR count). The van der Waals surface area contributed by atoms with Gasteiger partial charge in [-0.25, -0.2) is 0 Å². The maximum absolute atomic E-state index is 12.2. The number of benzene rings is 4. The molecule has 0 heterocycles. The fourth-order valence-corrected chi connectivity index (χ4v) is 7.18. The monoisotopic (exact) mass is 796 g/mol. The standard InChI is InChI=1S/C28H20N4O16S4/c33-31(34)23-11-7-19(27(15-23)51(43,44)45)3-1-17-5-9-21(13-25(17)49(37,38)39)29-30-22-10-6-18(26(14-22)50(40,41)42)2-4-20-8-12-24(32(35)36)16-28(20)52(46,47)48/h1-16H,(H,37,38,39)(H,40,41,42)(H,43,44,45)(H,46,47,48)/b3-1-,4-2-,30-29?. The van der Waals surface area contributed by atoms with Gasteiger partial charge in [-0.15, -0.1) is 0 Å². The zero-order valence-corrected chi connectivity index (χ0v) is 28.6. The van der Waals surface area contributed by atoms with Crippen molar-refractivity contribution >= 4 is 87.5 Å². The Bertz CT molecular complexity index is 2510. The van der Waals surface area contributed by atoms with Gasteiger partial charge in [-0.05, 0) is 58.7 Å². The van der Waals surface area contributed by atoms with Crippen molar-refractivity contribution in [2.24, 2.45) is 10.2 Å². The second-order valence-corrected chi connectivity index (χ2v) is 15.7. The molecule has 0 atom stereocenters. The number of nitro benzene ring substituents is 2. The van der Waals surface area contributed by atoms with Crippen LogP contribution in [0, 0.1) is 20.2 Å². The second kappa shape index (κ2) is 14.6. The van der Waals surface area contributed by atoms with Crippen molar-refractivity contribution in [1.29, 1.82) is 0 Å². The van der Waals surface area contributed by atoms with E-state index in [-0.39, 0.29) is 33.6 Å². The lowest BCUT2D eigenvalue weighted by molar-refractivity contribution is -0.385. The van der Waals surface area contributed by atoms with E-state index in [1.165, 1.54) is 12.1 Å². The quantitative estimate of drug-likeness (QED) is 0.0468. The summed E-state index contributed by atoms with van der Waals surface area (Å²) in [5.74, 6) is 0. The van der Waals surface area contributed by atoms with Gasteiger partial charge in [-0.2, -0.15) is 43.9 Å². The first-order valence-corrected chi connectivity index (χ1v) is 19.2. The fourth-order valence-electron chi connectivity index (χ4n) is 4.36. The number of azo groups is 1. The van der Waals surface area contributed by atoms with E-state index in [1.807, 2.05) is 0 Å². The number of hydrogen-bond acceptors (Lipinski definition) is 14. The van der Waals surface area contributed by atoms with Crippen molar-refractivity contribution in [3.63, 3.8) is 0 Å². The van der Waals surface area contributed by atoms with Gasteiger partial charge in [0.1, 0.15) is 19.6 Å². The lowest BCUT2D eigenvalue weighted by Gasteiger charge is -2.07. The molecule has 0 saturated heterocycles. The van der Waals surface area contributed by atoms with Crippen molar-refractivity contribution in [3.05, 3.63) is 115 Å². The van der Waals surface area contributed by atoms with Gasteiger partial charge in [0.15, 0.2) is 0 Å².